The number of nitrogens with one attached hydrogen (secondary N) is 2. The van der Waals surface area contributed by atoms with Crippen molar-refractivity contribution in [2.24, 2.45) is 5.92 Å². The number of hydrogen-bond acceptors (Lipinski definition) is 4. The Morgan fingerprint density at radius 2 is 2.32 bits per heavy atom. The molecule has 1 fully saturated rings. The van der Waals surface area contributed by atoms with Crippen LogP contribution in [0.2, 0.25) is 0 Å². The number of nitrogens with zero attached hydrogens (tertiary/aromatic N) is 1. The Bertz CT molecular complexity index is 471. The van der Waals surface area contributed by atoms with Gasteiger partial charge in [0.15, 0.2) is 5.69 Å². The standard InChI is InChI=1S/C12H17N3O3S/c1-7(4-8-2-3-8)14-12(18)13-5-10-15-9(6-19-10)11(16)17/h6-8H,2-5H2,1H3,(H,16,17)(H2,13,14,18). The molecule has 7 heteroatoms. The molecular formula is C12H17N3O3S. The normalized spacial score (nSPS) is 15.8. The molecule has 1 saturated carbocycles. The van der Waals surface area contributed by atoms with Crippen molar-refractivity contribution in [3.05, 3.63) is 16.1 Å². The molecule has 0 saturated heterocycles. The third-order valence-electron chi connectivity index (χ3n) is 2.93. The van der Waals surface area contributed by atoms with Gasteiger partial charge in [-0.05, 0) is 19.3 Å². The second-order valence-corrected chi connectivity index (χ2v) is 5.78. The number of urea groups is 1. The molecule has 19 heavy (non-hydrogen) atoms. The lowest BCUT2D eigenvalue weighted by Gasteiger charge is -2.13. The summed E-state index contributed by atoms with van der Waals surface area (Å²) in [6.45, 7) is 2.24. The van der Waals surface area contributed by atoms with Gasteiger partial charge in [0.25, 0.3) is 0 Å². The molecule has 0 radical (unpaired) electrons. The van der Waals surface area contributed by atoms with E-state index in [9.17, 15) is 9.59 Å². The number of rotatable bonds is 6. The molecule has 2 rings (SSSR count). The third kappa shape index (κ3) is 4.51. The van der Waals surface area contributed by atoms with Crippen LogP contribution in [0.15, 0.2) is 5.38 Å². The Kier molecular flexibility index (Phi) is 4.36. The van der Waals surface area contributed by atoms with Gasteiger partial charge in [-0.1, -0.05) is 12.8 Å². The number of thiazole rings is 1. The lowest BCUT2D eigenvalue weighted by Crippen LogP contribution is -2.40. The smallest absolute Gasteiger partial charge is 0.355 e. The molecule has 3 N–H and O–H groups in total. The monoisotopic (exact) mass is 283 g/mol. The van der Waals surface area contributed by atoms with E-state index in [0.29, 0.717) is 5.01 Å². The number of carbonyl (C=O) groups excluding carboxylic acids is 1. The van der Waals surface area contributed by atoms with Crippen molar-refractivity contribution in [1.29, 1.82) is 0 Å². The SMILES string of the molecule is CC(CC1CC1)NC(=O)NCc1nc(C(=O)O)cs1. The fraction of sp³-hybridized carbons (Fsp3) is 0.583. The molecule has 1 aromatic rings. The summed E-state index contributed by atoms with van der Waals surface area (Å²) in [5, 5.41) is 16.3. The summed E-state index contributed by atoms with van der Waals surface area (Å²) in [4.78, 5) is 26.2. The first-order valence-electron chi connectivity index (χ1n) is 6.26. The Hall–Kier alpha value is -1.63. The highest BCUT2D eigenvalue weighted by Gasteiger charge is 2.24. The van der Waals surface area contributed by atoms with Crippen LogP contribution < -0.4 is 10.6 Å². The van der Waals surface area contributed by atoms with E-state index in [4.69, 9.17) is 5.11 Å². The first kappa shape index (κ1) is 13.8. The van der Waals surface area contributed by atoms with Crippen molar-refractivity contribution in [2.75, 3.05) is 0 Å². The Morgan fingerprint density at radius 1 is 1.58 bits per heavy atom. The maximum Gasteiger partial charge on any atom is 0.355 e. The number of carbonyl (C=O) groups is 2. The minimum atomic E-state index is -1.05. The third-order valence-corrected chi connectivity index (χ3v) is 3.78. The molecule has 0 bridgehead atoms. The van der Waals surface area contributed by atoms with Crippen molar-refractivity contribution >= 4 is 23.3 Å². The van der Waals surface area contributed by atoms with Crippen LogP contribution in [-0.2, 0) is 6.54 Å². The van der Waals surface area contributed by atoms with Gasteiger partial charge >= 0.3 is 12.0 Å². The Morgan fingerprint density at radius 3 is 2.89 bits per heavy atom. The Balaban J connectivity index is 1.71. The van der Waals surface area contributed by atoms with E-state index in [1.165, 1.54) is 29.6 Å². The number of carboxylic acid groups (broad SMARTS) is 1. The quantitative estimate of drug-likeness (QED) is 0.742. The first-order chi connectivity index (χ1) is 9.04. The second-order valence-electron chi connectivity index (χ2n) is 4.84. The van der Waals surface area contributed by atoms with E-state index in [1.54, 1.807) is 0 Å². The van der Waals surface area contributed by atoms with Crippen LogP contribution >= 0.6 is 11.3 Å². The number of hydrogen-bond donors (Lipinski definition) is 3. The van der Waals surface area contributed by atoms with E-state index in [1.807, 2.05) is 6.92 Å². The number of aromatic nitrogens is 1. The number of aromatic carboxylic acids is 1. The highest BCUT2D eigenvalue weighted by Crippen LogP contribution is 2.33. The maximum absolute atomic E-state index is 11.6. The van der Waals surface area contributed by atoms with Crippen LogP contribution in [0.25, 0.3) is 0 Å². The molecule has 6 nitrogen and oxygen atoms in total. The van der Waals surface area contributed by atoms with Gasteiger partial charge in [-0.25, -0.2) is 14.6 Å². The van der Waals surface area contributed by atoms with Crippen molar-refractivity contribution in [3.8, 4) is 0 Å². The largest absolute Gasteiger partial charge is 0.476 e. The molecule has 0 spiro atoms. The van der Waals surface area contributed by atoms with Crippen LogP contribution in [0.5, 0.6) is 0 Å². The summed E-state index contributed by atoms with van der Waals surface area (Å²) >= 11 is 1.22. The molecule has 1 unspecified atom stereocenters. The molecule has 0 aliphatic heterocycles. The van der Waals surface area contributed by atoms with Gasteiger partial charge in [0, 0.05) is 11.4 Å². The average Bonchev–Trinajstić information content (AvgIpc) is 3.01. The second kappa shape index (κ2) is 6.01. The van der Waals surface area contributed by atoms with Crippen LogP contribution in [0.1, 0.15) is 41.7 Å². The predicted octanol–water partition coefficient (Wildman–Crippen LogP) is 1.83. The molecule has 2 amide bonds. The van der Waals surface area contributed by atoms with Crippen LogP contribution in [-0.4, -0.2) is 28.1 Å². The van der Waals surface area contributed by atoms with Gasteiger partial charge in [0.05, 0.1) is 6.54 Å². The summed E-state index contributed by atoms with van der Waals surface area (Å²) in [6.07, 6.45) is 3.56. The van der Waals surface area contributed by atoms with Gasteiger partial charge in [-0.2, -0.15) is 0 Å². The predicted molar refractivity (Wildman–Crippen MR) is 71.2 cm³/mol. The van der Waals surface area contributed by atoms with Crippen LogP contribution in [0, 0.1) is 5.92 Å². The summed E-state index contributed by atoms with van der Waals surface area (Å²) in [5.41, 5.74) is 0.0179. The van der Waals surface area contributed by atoms with Crippen molar-refractivity contribution < 1.29 is 14.7 Å². The van der Waals surface area contributed by atoms with E-state index >= 15 is 0 Å². The summed E-state index contributed by atoms with van der Waals surface area (Å²) in [6, 6.07) is -0.0707. The fourth-order valence-electron chi connectivity index (χ4n) is 1.83. The van der Waals surface area contributed by atoms with Crippen LogP contribution in [0.4, 0.5) is 4.79 Å². The zero-order valence-corrected chi connectivity index (χ0v) is 11.5. The average molecular weight is 283 g/mol. The lowest BCUT2D eigenvalue weighted by atomic mass is 10.2. The minimum absolute atomic E-state index is 0.0179. The molecule has 104 valence electrons. The fourth-order valence-corrected chi connectivity index (χ4v) is 2.54. The maximum atomic E-state index is 11.6. The molecule has 1 atom stereocenters. The topological polar surface area (TPSA) is 91.3 Å². The van der Waals surface area contributed by atoms with E-state index in [-0.39, 0.29) is 24.3 Å². The molecule has 0 aromatic carbocycles. The summed E-state index contributed by atoms with van der Waals surface area (Å²) in [5.74, 6) is -0.280. The van der Waals surface area contributed by atoms with Gasteiger partial charge in [-0.15, -0.1) is 11.3 Å². The summed E-state index contributed by atoms with van der Waals surface area (Å²) in [7, 11) is 0. The molecule has 1 aliphatic carbocycles. The van der Waals surface area contributed by atoms with Crippen molar-refractivity contribution in [2.45, 2.75) is 38.8 Å². The van der Waals surface area contributed by atoms with E-state index in [0.717, 1.165) is 12.3 Å². The highest BCUT2D eigenvalue weighted by molar-refractivity contribution is 7.09. The highest BCUT2D eigenvalue weighted by atomic mass is 32.1. The van der Waals surface area contributed by atoms with Gasteiger partial charge < -0.3 is 15.7 Å². The van der Waals surface area contributed by atoms with E-state index in [2.05, 4.69) is 15.6 Å². The first-order valence-corrected chi connectivity index (χ1v) is 7.14. The molecular weight excluding hydrogens is 266 g/mol. The summed E-state index contributed by atoms with van der Waals surface area (Å²) < 4.78 is 0. The van der Waals surface area contributed by atoms with Gasteiger partial charge in [0.1, 0.15) is 5.01 Å². The van der Waals surface area contributed by atoms with Gasteiger partial charge in [0.2, 0.25) is 0 Å². The van der Waals surface area contributed by atoms with E-state index < -0.39 is 5.97 Å². The number of amides is 2. The minimum Gasteiger partial charge on any atom is -0.476 e. The zero-order valence-electron chi connectivity index (χ0n) is 10.7. The van der Waals surface area contributed by atoms with Gasteiger partial charge in [-0.3, -0.25) is 0 Å². The van der Waals surface area contributed by atoms with Crippen molar-refractivity contribution in [1.82, 2.24) is 15.6 Å². The van der Waals surface area contributed by atoms with Crippen molar-refractivity contribution in [3.63, 3.8) is 0 Å². The zero-order chi connectivity index (χ0) is 13.8. The number of carboxylic acids is 1. The lowest BCUT2D eigenvalue weighted by molar-refractivity contribution is 0.0691. The molecule has 1 aromatic heterocycles. The Labute approximate surface area is 115 Å². The molecule has 1 aliphatic rings. The molecule has 1 heterocycles. The van der Waals surface area contributed by atoms with Crippen LogP contribution in [0.3, 0.4) is 0 Å².